The van der Waals surface area contributed by atoms with E-state index < -0.39 is 12.1 Å². The molecule has 26 heavy (non-hydrogen) atoms. The fourth-order valence-corrected chi connectivity index (χ4v) is 3.36. The third-order valence-electron chi connectivity index (χ3n) is 4.98. The zero-order valence-electron chi connectivity index (χ0n) is 14.9. The Morgan fingerprint density at radius 3 is 2.50 bits per heavy atom. The molecule has 0 bridgehead atoms. The third kappa shape index (κ3) is 3.36. The predicted molar refractivity (Wildman–Crippen MR) is 96.2 cm³/mol. The van der Waals surface area contributed by atoms with Gasteiger partial charge in [-0.15, -0.1) is 0 Å². The average molecular weight is 353 g/mol. The highest BCUT2D eigenvalue weighted by Crippen LogP contribution is 2.39. The number of likely N-dealkylation sites (tertiary alicyclic amines) is 1. The number of hydrogen-bond donors (Lipinski definition) is 0. The molecule has 2 aromatic rings. The first-order valence-corrected chi connectivity index (χ1v) is 9.28. The molecule has 6 heteroatoms. The summed E-state index contributed by atoms with van der Waals surface area (Å²) in [6.45, 7) is 3.13. The molecule has 0 N–H and O–H groups in total. The van der Waals surface area contributed by atoms with Crippen molar-refractivity contribution in [2.24, 2.45) is 0 Å². The summed E-state index contributed by atoms with van der Waals surface area (Å²) >= 11 is 0. The molecule has 0 spiro atoms. The van der Waals surface area contributed by atoms with E-state index in [1.165, 1.54) is 0 Å². The summed E-state index contributed by atoms with van der Waals surface area (Å²) in [5, 5.41) is 4.61. The minimum Gasteiger partial charge on any atom is -0.448 e. The Labute approximate surface area is 152 Å². The Hall–Kier alpha value is -2.63. The van der Waals surface area contributed by atoms with Gasteiger partial charge in [0.25, 0.3) is 5.91 Å². The van der Waals surface area contributed by atoms with Crippen molar-refractivity contribution in [2.45, 2.75) is 44.6 Å². The van der Waals surface area contributed by atoms with Gasteiger partial charge in [-0.2, -0.15) is 5.10 Å². The van der Waals surface area contributed by atoms with Gasteiger partial charge in [0.2, 0.25) is 0 Å². The maximum Gasteiger partial charge on any atom is 0.357 e. The van der Waals surface area contributed by atoms with Gasteiger partial charge >= 0.3 is 5.97 Å². The summed E-state index contributed by atoms with van der Waals surface area (Å²) in [5.74, 6) is -0.201. The van der Waals surface area contributed by atoms with Gasteiger partial charge in [-0.3, -0.25) is 4.79 Å². The average Bonchev–Trinajstić information content (AvgIpc) is 3.19. The van der Waals surface area contributed by atoms with Crippen molar-refractivity contribution in [3.05, 3.63) is 47.8 Å². The van der Waals surface area contributed by atoms with E-state index in [9.17, 15) is 9.59 Å². The summed E-state index contributed by atoms with van der Waals surface area (Å²) in [6.07, 6.45) is 3.44. The lowest BCUT2D eigenvalue weighted by Gasteiger charge is -2.20. The van der Waals surface area contributed by atoms with Crippen LogP contribution in [0.2, 0.25) is 0 Å². The van der Waals surface area contributed by atoms with E-state index in [1.807, 2.05) is 30.3 Å². The molecule has 2 heterocycles. The third-order valence-corrected chi connectivity index (χ3v) is 4.98. The van der Waals surface area contributed by atoms with Gasteiger partial charge in [-0.25, -0.2) is 9.48 Å². The number of hydrogen-bond acceptors (Lipinski definition) is 4. The molecule has 1 saturated carbocycles. The molecular weight excluding hydrogens is 330 g/mol. The monoisotopic (exact) mass is 353 g/mol. The standard InChI is InChI=1S/C20H23N3O3/c1-14(19(24)22-11-5-6-12-22)26-20(25)18-13-17(15-9-10-15)21-23(18)16-7-3-2-4-8-16/h2-4,7-8,13-15H,5-6,9-12H2,1H3/t14-/m0/s1. The van der Waals surface area contributed by atoms with Crippen LogP contribution < -0.4 is 0 Å². The molecule has 1 aliphatic heterocycles. The second kappa shape index (κ2) is 6.94. The quantitative estimate of drug-likeness (QED) is 0.775. The normalized spacial score (nSPS) is 18.0. The molecule has 6 nitrogen and oxygen atoms in total. The molecule has 2 aliphatic rings. The Morgan fingerprint density at radius 1 is 1.15 bits per heavy atom. The SMILES string of the molecule is C[C@H](OC(=O)c1cc(C2CC2)nn1-c1ccccc1)C(=O)N1CCCC1. The molecule has 4 rings (SSSR count). The number of carbonyl (C=O) groups is 2. The number of aromatic nitrogens is 2. The number of para-hydroxylation sites is 1. The van der Waals surface area contributed by atoms with E-state index in [1.54, 1.807) is 22.6 Å². The summed E-state index contributed by atoms with van der Waals surface area (Å²) < 4.78 is 7.12. The lowest BCUT2D eigenvalue weighted by atomic mass is 10.2. The van der Waals surface area contributed by atoms with Crippen molar-refractivity contribution < 1.29 is 14.3 Å². The second-order valence-electron chi connectivity index (χ2n) is 7.06. The first-order valence-electron chi connectivity index (χ1n) is 9.28. The van der Waals surface area contributed by atoms with E-state index in [-0.39, 0.29) is 5.91 Å². The first kappa shape index (κ1) is 16.8. The van der Waals surface area contributed by atoms with E-state index in [4.69, 9.17) is 4.74 Å². The van der Waals surface area contributed by atoms with Crippen LogP contribution in [0, 0.1) is 0 Å². The van der Waals surface area contributed by atoms with Gasteiger partial charge in [-0.1, -0.05) is 18.2 Å². The van der Waals surface area contributed by atoms with Crippen molar-refractivity contribution in [3.8, 4) is 5.69 Å². The van der Waals surface area contributed by atoms with Gasteiger partial charge in [-0.05, 0) is 50.8 Å². The summed E-state index contributed by atoms with van der Waals surface area (Å²) in [6, 6.07) is 11.3. The maximum atomic E-state index is 12.8. The van der Waals surface area contributed by atoms with Gasteiger partial charge < -0.3 is 9.64 Å². The molecule has 1 aromatic carbocycles. The highest BCUT2D eigenvalue weighted by Gasteiger charge is 2.31. The molecule has 1 aliphatic carbocycles. The van der Waals surface area contributed by atoms with Crippen LogP contribution in [0.15, 0.2) is 36.4 Å². The Morgan fingerprint density at radius 2 is 1.85 bits per heavy atom. The van der Waals surface area contributed by atoms with Crippen LogP contribution >= 0.6 is 0 Å². The van der Waals surface area contributed by atoms with Crippen molar-refractivity contribution >= 4 is 11.9 Å². The van der Waals surface area contributed by atoms with Gasteiger partial charge in [0.1, 0.15) is 0 Å². The van der Waals surface area contributed by atoms with Crippen LogP contribution in [0.5, 0.6) is 0 Å². The molecule has 1 saturated heterocycles. The molecule has 1 aromatic heterocycles. The molecule has 2 fully saturated rings. The van der Waals surface area contributed by atoms with E-state index in [2.05, 4.69) is 5.10 Å². The number of nitrogens with zero attached hydrogens (tertiary/aromatic N) is 3. The summed E-state index contributed by atoms with van der Waals surface area (Å²) in [4.78, 5) is 27.0. The number of rotatable bonds is 5. The fourth-order valence-electron chi connectivity index (χ4n) is 3.36. The molecule has 0 radical (unpaired) electrons. The van der Waals surface area contributed by atoms with Crippen molar-refractivity contribution in [1.29, 1.82) is 0 Å². The van der Waals surface area contributed by atoms with E-state index >= 15 is 0 Å². The molecule has 1 amide bonds. The topological polar surface area (TPSA) is 64.4 Å². The lowest BCUT2D eigenvalue weighted by molar-refractivity contribution is -0.138. The largest absolute Gasteiger partial charge is 0.448 e. The van der Waals surface area contributed by atoms with Crippen LogP contribution in [0.3, 0.4) is 0 Å². The summed E-state index contributed by atoms with van der Waals surface area (Å²) in [7, 11) is 0. The van der Waals surface area contributed by atoms with Crippen molar-refractivity contribution in [1.82, 2.24) is 14.7 Å². The number of amides is 1. The van der Waals surface area contributed by atoms with Gasteiger partial charge in [0, 0.05) is 19.0 Å². The zero-order chi connectivity index (χ0) is 18.1. The van der Waals surface area contributed by atoms with Crippen molar-refractivity contribution in [3.63, 3.8) is 0 Å². The van der Waals surface area contributed by atoms with E-state index in [0.717, 1.165) is 50.2 Å². The number of esters is 1. The zero-order valence-corrected chi connectivity index (χ0v) is 14.9. The smallest absolute Gasteiger partial charge is 0.357 e. The first-order chi connectivity index (χ1) is 12.6. The second-order valence-corrected chi connectivity index (χ2v) is 7.06. The molecular formula is C20H23N3O3. The van der Waals surface area contributed by atoms with Crippen LogP contribution in [0.4, 0.5) is 0 Å². The molecule has 1 atom stereocenters. The highest BCUT2D eigenvalue weighted by atomic mass is 16.5. The lowest BCUT2D eigenvalue weighted by Crippen LogP contribution is -2.38. The van der Waals surface area contributed by atoms with Crippen molar-refractivity contribution in [2.75, 3.05) is 13.1 Å². The fraction of sp³-hybridized carbons (Fsp3) is 0.450. The van der Waals surface area contributed by atoms with Gasteiger partial charge in [0.15, 0.2) is 11.8 Å². The maximum absolute atomic E-state index is 12.8. The van der Waals surface area contributed by atoms with Crippen LogP contribution in [0.25, 0.3) is 5.69 Å². The molecule has 136 valence electrons. The summed E-state index contributed by atoms with van der Waals surface area (Å²) in [5.41, 5.74) is 2.10. The van der Waals surface area contributed by atoms with Crippen LogP contribution in [0.1, 0.15) is 54.7 Å². The number of benzene rings is 1. The van der Waals surface area contributed by atoms with E-state index in [0.29, 0.717) is 11.6 Å². The predicted octanol–water partition coefficient (Wildman–Crippen LogP) is 2.92. The Kier molecular flexibility index (Phi) is 4.49. The Balaban J connectivity index is 1.56. The number of carbonyl (C=O) groups excluding carboxylic acids is 2. The molecule has 0 unspecified atom stereocenters. The Bertz CT molecular complexity index is 805. The minimum atomic E-state index is -0.788. The number of ether oxygens (including phenoxy) is 1. The van der Waals surface area contributed by atoms with Crippen LogP contribution in [-0.4, -0.2) is 45.8 Å². The van der Waals surface area contributed by atoms with Gasteiger partial charge in [0.05, 0.1) is 11.4 Å². The van der Waals surface area contributed by atoms with Crippen LogP contribution in [-0.2, 0) is 9.53 Å². The minimum absolute atomic E-state index is 0.121. The highest BCUT2D eigenvalue weighted by molar-refractivity contribution is 5.91.